The fourth-order valence-electron chi connectivity index (χ4n) is 0.929. The van der Waals surface area contributed by atoms with Crippen LogP contribution in [0.2, 0.25) is 0 Å². The van der Waals surface area contributed by atoms with Gasteiger partial charge in [0.1, 0.15) is 0 Å². The summed E-state index contributed by atoms with van der Waals surface area (Å²) in [5, 5.41) is 3.04. The molecule has 1 radical (unpaired) electrons. The molecule has 11 heavy (non-hydrogen) atoms. The van der Waals surface area contributed by atoms with E-state index in [4.69, 9.17) is 4.74 Å². The highest BCUT2D eigenvalue weighted by molar-refractivity contribution is 5.08. The first kappa shape index (κ1) is 6.69. The number of nitrogens with zero attached hydrogens (tertiary/aromatic N) is 2. The molecule has 4 nitrogen and oxygen atoms in total. The summed E-state index contributed by atoms with van der Waals surface area (Å²) in [7, 11) is 0. The lowest BCUT2D eigenvalue weighted by atomic mass is 10.5. The minimum Gasteiger partial charge on any atom is -0.348 e. The van der Waals surface area contributed by atoms with Crippen LogP contribution in [-0.4, -0.2) is 23.1 Å². The highest BCUT2D eigenvalue weighted by Gasteiger charge is 2.20. The fraction of sp³-hybridized carbons (Fsp3) is 0.286. The van der Waals surface area contributed by atoms with Gasteiger partial charge in [-0.1, -0.05) is 0 Å². The van der Waals surface area contributed by atoms with Gasteiger partial charge in [0.05, 0.1) is 6.61 Å². The Kier molecular flexibility index (Phi) is 1.79. The van der Waals surface area contributed by atoms with E-state index in [1.807, 2.05) is 0 Å². The molecule has 1 aliphatic heterocycles. The first-order chi connectivity index (χ1) is 5.47. The molecule has 0 bridgehead atoms. The normalized spacial score (nSPS) is 18.9. The van der Waals surface area contributed by atoms with E-state index in [-0.39, 0.29) is 0 Å². The second-order valence-electron chi connectivity index (χ2n) is 2.18. The van der Waals surface area contributed by atoms with Crippen LogP contribution in [0.5, 0.6) is 0 Å². The summed E-state index contributed by atoms with van der Waals surface area (Å²) in [5.41, 5.74) is 0. The van der Waals surface area contributed by atoms with Crippen molar-refractivity contribution in [3.63, 3.8) is 0 Å². The van der Waals surface area contributed by atoms with E-state index < -0.39 is 0 Å². The van der Waals surface area contributed by atoms with Crippen molar-refractivity contribution in [2.75, 3.05) is 13.2 Å². The van der Waals surface area contributed by atoms with E-state index in [0.717, 1.165) is 6.54 Å². The lowest BCUT2D eigenvalue weighted by Crippen LogP contribution is -2.17. The molecule has 1 aromatic heterocycles. The van der Waals surface area contributed by atoms with Gasteiger partial charge in [-0.05, 0) is 6.07 Å². The van der Waals surface area contributed by atoms with Gasteiger partial charge in [0.2, 0.25) is 6.23 Å². The van der Waals surface area contributed by atoms with Gasteiger partial charge < -0.3 is 4.74 Å². The molecule has 0 atom stereocenters. The molecule has 2 rings (SSSR count). The van der Waals surface area contributed by atoms with Crippen LogP contribution in [-0.2, 0) is 4.74 Å². The Labute approximate surface area is 64.6 Å². The van der Waals surface area contributed by atoms with E-state index in [0.29, 0.717) is 18.7 Å². The first-order valence-corrected chi connectivity index (χ1v) is 3.48. The number of hydrogen-bond donors (Lipinski definition) is 1. The van der Waals surface area contributed by atoms with E-state index in [1.165, 1.54) is 0 Å². The molecule has 1 fully saturated rings. The van der Waals surface area contributed by atoms with Crippen molar-refractivity contribution >= 4 is 0 Å². The number of aromatic nitrogens is 2. The number of ether oxygens (including phenoxy) is 1. The Morgan fingerprint density at radius 3 is 2.82 bits per heavy atom. The van der Waals surface area contributed by atoms with Gasteiger partial charge in [0, 0.05) is 18.9 Å². The van der Waals surface area contributed by atoms with E-state index in [2.05, 4.69) is 15.3 Å². The molecule has 1 aromatic rings. The average molecular weight is 150 g/mol. The van der Waals surface area contributed by atoms with E-state index in [1.54, 1.807) is 18.5 Å². The third kappa shape index (κ3) is 1.36. The van der Waals surface area contributed by atoms with Gasteiger partial charge >= 0.3 is 0 Å². The van der Waals surface area contributed by atoms with Crippen molar-refractivity contribution in [2.24, 2.45) is 0 Å². The summed E-state index contributed by atoms with van der Waals surface area (Å²) in [4.78, 5) is 8.05. The molecule has 0 saturated carbocycles. The summed E-state index contributed by atoms with van der Waals surface area (Å²) < 4.78 is 5.22. The number of hydrogen-bond acceptors (Lipinski definition) is 4. The molecule has 0 aromatic carbocycles. The molecular formula is C7H8N3O. The van der Waals surface area contributed by atoms with Crippen molar-refractivity contribution < 1.29 is 4.74 Å². The molecule has 1 saturated heterocycles. The highest BCUT2D eigenvalue weighted by Crippen LogP contribution is 2.10. The van der Waals surface area contributed by atoms with Crippen LogP contribution < -0.4 is 5.32 Å². The third-order valence-electron chi connectivity index (χ3n) is 1.40. The van der Waals surface area contributed by atoms with Gasteiger partial charge in [-0.2, -0.15) is 0 Å². The molecule has 0 amide bonds. The molecule has 0 spiro atoms. The molecule has 1 aliphatic rings. The maximum atomic E-state index is 5.22. The van der Waals surface area contributed by atoms with Crippen molar-refractivity contribution in [1.29, 1.82) is 0 Å². The molecule has 4 heteroatoms. The summed E-state index contributed by atoms with van der Waals surface area (Å²) in [6.45, 7) is 1.54. The highest BCUT2D eigenvalue weighted by atomic mass is 16.5. The summed E-state index contributed by atoms with van der Waals surface area (Å²) >= 11 is 0. The second kappa shape index (κ2) is 2.94. The van der Waals surface area contributed by atoms with E-state index in [9.17, 15) is 0 Å². The zero-order chi connectivity index (χ0) is 7.52. The Hall–Kier alpha value is -1.00. The van der Waals surface area contributed by atoms with Gasteiger partial charge in [-0.15, -0.1) is 0 Å². The predicted octanol–water partition coefficient (Wildman–Crippen LogP) is -0.0660. The van der Waals surface area contributed by atoms with Crippen LogP contribution in [0, 0.1) is 6.23 Å². The average Bonchev–Trinajstić information content (AvgIpc) is 2.58. The van der Waals surface area contributed by atoms with Gasteiger partial charge in [0.25, 0.3) is 0 Å². The van der Waals surface area contributed by atoms with E-state index >= 15 is 0 Å². The maximum absolute atomic E-state index is 5.22. The largest absolute Gasteiger partial charge is 0.348 e. The number of rotatable bonds is 1. The standard InChI is InChI=1S/C7H8N3O/c1-2-8-6(9-3-1)7-10-4-5-11-7/h1-3,10H,4-5H2. The number of nitrogens with one attached hydrogen (secondary N) is 1. The smallest absolute Gasteiger partial charge is 0.231 e. The summed E-state index contributed by atoms with van der Waals surface area (Å²) in [6, 6.07) is 1.78. The minimum absolute atomic E-state index is 0.630. The molecule has 1 N–H and O–H groups in total. The fourth-order valence-corrected chi connectivity index (χ4v) is 0.929. The predicted molar refractivity (Wildman–Crippen MR) is 38.3 cm³/mol. The van der Waals surface area contributed by atoms with Gasteiger partial charge in [0.15, 0.2) is 5.82 Å². The zero-order valence-corrected chi connectivity index (χ0v) is 5.95. The lowest BCUT2D eigenvalue weighted by Gasteiger charge is -2.03. The van der Waals surface area contributed by atoms with Crippen molar-refractivity contribution in [3.05, 3.63) is 30.5 Å². The Bertz CT molecular complexity index is 220. The van der Waals surface area contributed by atoms with Gasteiger partial charge in [-0.25, -0.2) is 9.97 Å². The SMILES string of the molecule is c1cnc([C]2NCCO2)nc1. The van der Waals surface area contributed by atoms with Crippen molar-refractivity contribution in [1.82, 2.24) is 15.3 Å². The third-order valence-corrected chi connectivity index (χ3v) is 1.40. The molecule has 2 heterocycles. The Morgan fingerprint density at radius 1 is 1.36 bits per heavy atom. The van der Waals surface area contributed by atoms with Crippen LogP contribution in [0.4, 0.5) is 0 Å². The topological polar surface area (TPSA) is 47.0 Å². The Balaban J connectivity index is 2.16. The van der Waals surface area contributed by atoms with Crippen LogP contribution in [0.3, 0.4) is 0 Å². The molecule has 0 unspecified atom stereocenters. The second-order valence-corrected chi connectivity index (χ2v) is 2.18. The monoisotopic (exact) mass is 150 g/mol. The Morgan fingerprint density at radius 2 is 2.18 bits per heavy atom. The molecular weight excluding hydrogens is 142 g/mol. The lowest BCUT2D eigenvalue weighted by molar-refractivity contribution is 0.208. The zero-order valence-electron chi connectivity index (χ0n) is 5.95. The quantitative estimate of drug-likeness (QED) is 0.609. The van der Waals surface area contributed by atoms with Gasteiger partial charge in [-0.3, -0.25) is 5.32 Å². The van der Waals surface area contributed by atoms with Crippen molar-refractivity contribution in [2.45, 2.75) is 0 Å². The van der Waals surface area contributed by atoms with Crippen LogP contribution in [0.25, 0.3) is 0 Å². The van der Waals surface area contributed by atoms with Crippen LogP contribution in [0.15, 0.2) is 18.5 Å². The van der Waals surface area contributed by atoms with Crippen molar-refractivity contribution in [3.8, 4) is 0 Å². The first-order valence-electron chi connectivity index (χ1n) is 3.48. The van der Waals surface area contributed by atoms with Crippen LogP contribution in [0.1, 0.15) is 5.82 Å². The summed E-state index contributed by atoms with van der Waals surface area (Å²) in [5.74, 6) is 0.630. The minimum atomic E-state index is 0.630. The summed E-state index contributed by atoms with van der Waals surface area (Å²) in [6.07, 6.45) is 4.07. The molecule has 57 valence electrons. The molecule has 0 aliphatic carbocycles. The maximum Gasteiger partial charge on any atom is 0.231 e. The van der Waals surface area contributed by atoms with Crippen LogP contribution >= 0.6 is 0 Å².